The van der Waals surface area contributed by atoms with E-state index in [-0.39, 0.29) is 0 Å². The Morgan fingerprint density at radius 2 is 0.712 bits per heavy atom. The lowest BCUT2D eigenvalue weighted by molar-refractivity contribution is 1.26. The third kappa shape index (κ3) is 6.11. The van der Waals surface area contributed by atoms with Gasteiger partial charge in [0.15, 0.2) is 0 Å². The number of benzene rings is 11. The van der Waals surface area contributed by atoms with Gasteiger partial charge in [0.1, 0.15) is 0 Å². The smallest absolute Gasteiger partial charge is 0.0620 e. The average Bonchev–Trinajstić information content (AvgIpc) is 3.75. The van der Waals surface area contributed by atoms with Crippen molar-refractivity contribution in [2.45, 2.75) is 0 Å². The van der Waals surface area contributed by atoms with Crippen molar-refractivity contribution in [3.05, 3.63) is 255 Å². The second-order valence-electron chi connectivity index (χ2n) is 17.2. The van der Waals surface area contributed by atoms with Crippen molar-refractivity contribution in [3.8, 4) is 44.5 Å². The summed E-state index contributed by atoms with van der Waals surface area (Å²) in [6.45, 7) is 0. The van der Waals surface area contributed by atoms with E-state index < -0.39 is 0 Å². The van der Waals surface area contributed by atoms with Crippen LogP contribution in [0.5, 0.6) is 0 Å². The molecule has 2 aromatic heterocycles. The maximum Gasteiger partial charge on any atom is 0.0620 e. The van der Waals surface area contributed by atoms with E-state index in [9.17, 15) is 0 Å². The lowest BCUT2D eigenvalue weighted by Crippen LogP contribution is -2.09. The Kier molecular flexibility index (Phi) is 8.89. The van der Waals surface area contributed by atoms with Crippen molar-refractivity contribution >= 4 is 76.6 Å². The van der Waals surface area contributed by atoms with Crippen LogP contribution in [0.15, 0.2) is 255 Å². The van der Waals surface area contributed by atoms with Crippen LogP contribution in [0, 0.1) is 0 Å². The molecule has 0 spiro atoms. The Labute approximate surface area is 383 Å². The van der Waals surface area contributed by atoms with E-state index in [0.29, 0.717) is 0 Å². The third-order valence-electron chi connectivity index (χ3n) is 13.6. The average molecular weight is 839 g/mol. The predicted molar refractivity (Wildman–Crippen MR) is 281 cm³/mol. The van der Waals surface area contributed by atoms with Crippen molar-refractivity contribution in [2.75, 3.05) is 4.90 Å². The van der Waals surface area contributed by atoms with E-state index in [1.165, 1.54) is 104 Å². The molecule has 0 aliphatic rings. The minimum Gasteiger partial charge on any atom is -0.315 e. The number of aromatic nitrogens is 1. The molecular weight excluding hydrogens is 797 g/mol. The van der Waals surface area contributed by atoms with Gasteiger partial charge in [-0.3, -0.25) is 0 Å². The standard InChI is InChI=1S/C64H42N2/c1-2-17-48(18-3-1)61-60-29-10-11-42-65(60)64-59-24-9-8-23-57(59)58-28-14-27-56(62(58)63(61)64)47-34-40-51(41-35-47)66(49-36-30-45(31-37-49)54-25-12-19-43-15-4-6-21-52(43)54)50-38-32-46(33-39-50)55-26-13-20-44-16-5-7-22-53(44)55/h1-42H. The van der Waals surface area contributed by atoms with E-state index in [4.69, 9.17) is 0 Å². The lowest BCUT2D eigenvalue weighted by atomic mass is 9.89. The molecule has 13 rings (SSSR count). The summed E-state index contributed by atoms with van der Waals surface area (Å²) in [6.07, 6.45) is 2.22. The number of pyridine rings is 1. The van der Waals surface area contributed by atoms with E-state index in [2.05, 4.69) is 264 Å². The zero-order valence-electron chi connectivity index (χ0n) is 36.1. The summed E-state index contributed by atoms with van der Waals surface area (Å²) in [5, 5.41) is 11.3. The summed E-state index contributed by atoms with van der Waals surface area (Å²) in [5.74, 6) is 0. The fraction of sp³-hybridized carbons (Fsp3) is 0. The van der Waals surface area contributed by atoms with Gasteiger partial charge in [-0.2, -0.15) is 0 Å². The molecule has 0 amide bonds. The summed E-state index contributed by atoms with van der Waals surface area (Å²) in [4.78, 5) is 2.38. The zero-order valence-corrected chi connectivity index (χ0v) is 36.1. The number of anilines is 3. The minimum absolute atomic E-state index is 1.09. The SMILES string of the molecule is c1ccc(-c2c3c4c(-c5ccc(N(c6ccc(-c7cccc8ccccc78)cc6)c6ccc(-c7cccc8ccccc78)cc6)cc5)cccc4c4ccccc4c3n3ccccc23)cc1. The van der Waals surface area contributed by atoms with Crippen LogP contribution < -0.4 is 4.90 Å². The summed E-state index contributed by atoms with van der Waals surface area (Å²) in [5.41, 5.74) is 15.4. The Morgan fingerprint density at radius 1 is 0.273 bits per heavy atom. The van der Waals surface area contributed by atoms with Crippen molar-refractivity contribution in [1.82, 2.24) is 4.40 Å². The van der Waals surface area contributed by atoms with E-state index in [1.807, 2.05) is 0 Å². The minimum atomic E-state index is 1.09. The van der Waals surface area contributed by atoms with Crippen LogP contribution in [-0.4, -0.2) is 4.40 Å². The summed E-state index contributed by atoms with van der Waals surface area (Å²) < 4.78 is 2.40. The van der Waals surface area contributed by atoms with Gasteiger partial charge in [0.05, 0.1) is 11.0 Å². The molecule has 0 radical (unpaired) electrons. The first-order valence-electron chi connectivity index (χ1n) is 22.8. The molecule has 0 bridgehead atoms. The largest absolute Gasteiger partial charge is 0.315 e. The van der Waals surface area contributed by atoms with Gasteiger partial charge in [-0.25, -0.2) is 0 Å². The van der Waals surface area contributed by atoms with E-state index in [1.54, 1.807) is 0 Å². The van der Waals surface area contributed by atoms with Crippen LogP contribution in [-0.2, 0) is 0 Å². The fourth-order valence-electron chi connectivity index (χ4n) is 10.6. The van der Waals surface area contributed by atoms with Crippen LogP contribution in [0.25, 0.3) is 104 Å². The highest BCUT2D eigenvalue weighted by atomic mass is 15.1. The van der Waals surface area contributed by atoms with Gasteiger partial charge < -0.3 is 9.30 Å². The zero-order chi connectivity index (χ0) is 43.6. The van der Waals surface area contributed by atoms with E-state index in [0.717, 1.165) is 17.1 Å². The Bertz CT molecular complexity index is 3820. The summed E-state index contributed by atoms with van der Waals surface area (Å²) in [7, 11) is 0. The number of nitrogens with zero attached hydrogens (tertiary/aromatic N) is 2. The lowest BCUT2D eigenvalue weighted by Gasteiger charge is -2.26. The van der Waals surface area contributed by atoms with Crippen LogP contribution in [0.1, 0.15) is 0 Å². The highest BCUT2D eigenvalue weighted by Crippen LogP contribution is 2.47. The third-order valence-corrected chi connectivity index (χ3v) is 13.6. The molecule has 0 fully saturated rings. The molecule has 2 nitrogen and oxygen atoms in total. The molecular formula is C64H42N2. The molecule has 0 N–H and O–H groups in total. The van der Waals surface area contributed by atoms with Gasteiger partial charge in [0.2, 0.25) is 0 Å². The number of rotatable bonds is 7. The normalized spacial score (nSPS) is 11.6. The molecule has 11 aromatic carbocycles. The van der Waals surface area contributed by atoms with Gasteiger partial charge >= 0.3 is 0 Å². The Balaban J connectivity index is 0.978. The van der Waals surface area contributed by atoms with Gasteiger partial charge in [0.25, 0.3) is 0 Å². The molecule has 308 valence electrons. The molecule has 0 saturated heterocycles. The van der Waals surface area contributed by atoms with Crippen LogP contribution >= 0.6 is 0 Å². The molecule has 0 atom stereocenters. The van der Waals surface area contributed by atoms with Gasteiger partial charge in [0, 0.05) is 45.0 Å². The molecule has 0 aliphatic heterocycles. The van der Waals surface area contributed by atoms with Crippen LogP contribution in [0.2, 0.25) is 0 Å². The topological polar surface area (TPSA) is 7.65 Å². The monoisotopic (exact) mass is 838 g/mol. The summed E-state index contributed by atoms with van der Waals surface area (Å²) >= 11 is 0. The molecule has 0 saturated carbocycles. The molecule has 2 heteroatoms. The maximum absolute atomic E-state index is 2.40. The molecule has 0 aliphatic carbocycles. The molecule has 0 unspecified atom stereocenters. The quantitative estimate of drug-likeness (QED) is 0.145. The predicted octanol–water partition coefficient (Wildman–Crippen LogP) is 17.8. The molecule has 13 aromatic rings. The van der Waals surface area contributed by atoms with Gasteiger partial charge in [-0.1, -0.05) is 200 Å². The number of hydrogen-bond acceptors (Lipinski definition) is 1. The number of fused-ring (bicyclic) bond motifs is 10. The first-order chi connectivity index (χ1) is 32.8. The molecule has 66 heavy (non-hydrogen) atoms. The van der Waals surface area contributed by atoms with Gasteiger partial charge in [-0.05, 0) is 120 Å². The highest BCUT2D eigenvalue weighted by molar-refractivity contribution is 6.33. The van der Waals surface area contributed by atoms with Crippen molar-refractivity contribution < 1.29 is 0 Å². The second-order valence-corrected chi connectivity index (χ2v) is 17.2. The van der Waals surface area contributed by atoms with Gasteiger partial charge in [-0.15, -0.1) is 0 Å². The van der Waals surface area contributed by atoms with Crippen LogP contribution in [0.4, 0.5) is 17.1 Å². The first-order valence-corrected chi connectivity index (χ1v) is 22.8. The second kappa shape index (κ2) is 15.5. The Morgan fingerprint density at radius 3 is 1.30 bits per heavy atom. The van der Waals surface area contributed by atoms with E-state index >= 15 is 0 Å². The van der Waals surface area contributed by atoms with Crippen molar-refractivity contribution in [2.24, 2.45) is 0 Å². The number of hydrogen-bond donors (Lipinski definition) is 0. The molecule has 2 heterocycles. The van der Waals surface area contributed by atoms with Crippen molar-refractivity contribution in [3.63, 3.8) is 0 Å². The highest BCUT2D eigenvalue weighted by Gasteiger charge is 2.22. The maximum atomic E-state index is 2.40. The first kappa shape index (κ1) is 37.8. The van der Waals surface area contributed by atoms with Crippen molar-refractivity contribution in [1.29, 1.82) is 0 Å². The summed E-state index contributed by atoms with van der Waals surface area (Å²) in [6, 6.07) is 90.9. The Hall–Kier alpha value is -8.72. The fourth-order valence-corrected chi connectivity index (χ4v) is 10.6. The van der Waals surface area contributed by atoms with Crippen LogP contribution in [0.3, 0.4) is 0 Å².